The number of rotatable bonds is 6. The molecule has 3 aromatic heterocycles. The van der Waals surface area contributed by atoms with E-state index in [4.69, 9.17) is 21.3 Å². The molecule has 1 amide bonds. The number of halogens is 1. The number of hydrogen-bond donors (Lipinski definition) is 0. The Labute approximate surface area is 189 Å². The number of hydrogen-bond acceptors (Lipinski definition) is 6. The lowest BCUT2D eigenvalue weighted by Gasteiger charge is -2.21. The number of nitrogens with zero attached hydrogens (tertiary/aromatic N) is 5. The van der Waals surface area contributed by atoms with E-state index in [0.717, 1.165) is 16.1 Å². The molecule has 0 bridgehead atoms. The van der Waals surface area contributed by atoms with Gasteiger partial charge in [0.2, 0.25) is 0 Å². The summed E-state index contributed by atoms with van der Waals surface area (Å²) in [5.41, 5.74) is 2.66. The highest BCUT2D eigenvalue weighted by atomic mass is 35.5. The van der Waals surface area contributed by atoms with Crippen LogP contribution in [0.3, 0.4) is 0 Å². The Morgan fingerprint density at radius 3 is 2.77 bits per heavy atom. The molecule has 9 heteroatoms. The van der Waals surface area contributed by atoms with Crippen molar-refractivity contribution in [2.45, 2.75) is 33.4 Å². The van der Waals surface area contributed by atoms with Crippen molar-refractivity contribution >= 4 is 44.2 Å². The summed E-state index contributed by atoms with van der Waals surface area (Å²) in [6.45, 7) is 6.13. The number of aromatic nitrogens is 4. The second kappa shape index (κ2) is 8.64. The molecule has 0 aliphatic carbocycles. The third-order valence-electron chi connectivity index (χ3n) is 4.76. The zero-order chi connectivity index (χ0) is 22.1. The van der Waals surface area contributed by atoms with Crippen LogP contribution in [0.5, 0.6) is 5.75 Å². The van der Waals surface area contributed by atoms with E-state index in [1.165, 1.54) is 11.3 Å². The Balaban J connectivity index is 1.85. The molecule has 0 fully saturated rings. The van der Waals surface area contributed by atoms with Crippen LogP contribution in [0.15, 0.2) is 42.6 Å². The van der Waals surface area contributed by atoms with Gasteiger partial charge in [-0.25, -0.2) is 4.98 Å². The molecule has 0 N–H and O–H groups in total. The molecule has 3 heterocycles. The third kappa shape index (κ3) is 4.13. The Hall–Kier alpha value is -2.97. The van der Waals surface area contributed by atoms with Crippen LogP contribution in [0.2, 0.25) is 5.02 Å². The van der Waals surface area contributed by atoms with E-state index >= 15 is 0 Å². The topological polar surface area (TPSA) is 73.1 Å². The number of benzene rings is 1. The number of thiazole rings is 1. The molecule has 0 radical (unpaired) electrons. The first kappa shape index (κ1) is 21.3. The third-order valence-corrected chi connectivity index (χ3v) is 6.29. The lowest BCUT2D eigenvalue weighted by Crippen LogP contribution is -2.32. The highest BCUT2D eigenvalue weighted by Crippen LogP contribution is 2.39. The molecule has 31 heavy (non-hydrogen) atoms. The van der Waals surface area contributed by atoms with E-state index in [9.17, 15) is 4.79 Å². The highest BCUT2D eigenvalue weighted by Gasteiger charge is 2.27. The number of methoxy groups -OCH3 is 1. The van der Waals surface area contributed by atoms with Crippen molar-refractivity contribution in [1.82, 2.24) is 19.7 Å². The number of carbonyl (C=O) groups is 1. The molecule has 7 nitrogen and oxygen atoms in total. The number of carbonyl (C=O) groups excluding carboxylic acids is 1. The highest BCUT2D eigenvalue weighted by molar-refractivity contribution is 7.23. The van der Waals surface area contributed by atoms with Gasteiger partial charge in [-0.1, -0.05) is 29.0 Å². The van der Waals surface area contributed by atoms with Gasteiger partial charge in [0.05, 0.1) is 34.8 Å². The fraction of sp³-hybridized carbons (Fsp3) is 0.273. The van der Waals surface area contributed by atoms with Crippen LogP contribution in [-0.2, 0) is 6.54 Å². The lowest BCUT2D eigenvalue weighted by molar-refractivity contribution is 0.0972. The van der Waals surface area contributed by atoms with E-state index in [-0.39, 0.29) is 18.5 Å². The molecule has 0 unspecified atom stereocenters. The Morgan fingerprint density at radius 1 is 1.29 bits per heavy atom. The Kier molecular flexibility index (Phi) is 5.93. The monoisotopic (exact) mass is 455 g/mol. The smallest absolute Gasteiger partial charge is 0.278 e. The van der Waals surface area contributed by atoms with Gasteiger partial charge in [0.1, 0.15) is 17.0 Å². The molecular formula is C22H22ClN5O2S. The number of ether oxygens (including phenoxy) is 1. The molecule has 0 atom stereocenters. The predicted molar refractivity (Wildman–Crippen MR) is 123 cm³/mol. The maximum Gasteiger partial charge on any atom is 0.278 e. The van der Waals surface area contributed by atoms with Crippen LogP contribution >= 0.6 is 22.9 Å². The molecule has 4 aromatic rings. The van der Waals surface area contributed by atoms with Gasteiger partial charge in [-0.05, 0) is 51.1 Å². The van der Waals surface area contributed by atoms with Crippen molar-refractivity contribution in [2.24, 2.45) is 0 Å². The van der Waals surface area contributed by atoms with Crippen molar-refractivity contribution in [3.05, 3.63) is 64.7 Å². The largest absolute Gasteiger partial charge is 0.494 e. The maximum absolute atomic E-state index is 13.7. The van der Waals surface area contributed by atoms with E-state index in [1.807, 2.05) is 39.0 Å². The zero-order valence-electron chi connectivity index (χ0n) is 17.7. The van der Waals surface area contributed by atoms with Crippen LogP contribution in [-0.4, -0.2) is 32.8 Å². The summed E-state index contributed by atoms with van der Waals surface area (Å²) in [7, 11) is 1.59. The van der Waals surface area contributed by atoms with Gasteiger partial charge in [-0.15, -0.1) is 0 Å². The predicted octanol–water partition coefficient (Wildman–Crippen LogP) is 5.29. The SMILES string of the molecule is COc1ccc(Cl)c2sc(N(Cc3ccccn3)C(=O)c3cc(C)nn3C(C)C)nc12. The number of aryl methyl sites for hydroxylation is 1. The molecular weight excluding hydrogens is 434 g/mol. The molecule has 1 aromatic carbocycles. The molecule has 0 aliphatic rings. The Bertz CT molecular complexity index is 1240. The summed E-state index contributed by atoms with van der Waals surface area (Å²) in [4.78, 5) is 24.5. The summed E-state index contributed by atoms with van der Waals surface area (Å²) in [5.74, 6) is 0.407. The van der Waals surface area contributed by atoms with Gasteiger partial charge in [-0.3, -0.25) is 19.4 Å². The minimum absolute atomic E-state index is 0.0363. The first-order valence-corrected chi connectivity index (χ1v) is 11.0. The lowest BCUT2D eigenvalue weighted by atomic mass is 10.2. The quantitative estimate of drug-likeness (QED) is 0.395. The van der Waals surface area contributed by atoms with Gasteiger partial charge >= 0.3 is 0 Å². The average Bonchev–Trinajstić information content (AvgIpc) is 3.37. The van der Waals surface area contributed by atoms with Crippen molar-refractivity contribution < 1.29 is 9.53 Å². The van der Waals surface area contributed by atoms with Crippen molar-refractivity contribution in [1.29, 1.82) is 0 Å². The second-order valence-electron chi connectivity index (χ2n) is 7.35. The van der Waals surface area contributed by atoms with Crippen LogP contribution in [0, 0.1) is 6.92 Å². The van der Waals surface area contributed by atoms with Crippen LogP contribution < -0.4 is 9.64 Å². The summed E-state index contributed by atoms with van der Waals surface area (Å²) in [5, 5.41) is 5.58. The first-order valence-electron chi connectivity index (χ1n) is 9.80. The van der Waals surface area contributed by atoms with Crippen molar-refractivity contribution in [3.63, 3.8) is 0 Å². The fourth-order valence-electron chi connectivity index (χ4n) is 3.31. The minimum Gasteiger partial charge on any atom is -0.494 e. The van der Waals surface area contributed by atoms with Crippen molar-refractivity contribution in [3.8, 4) is 5.75 Å². The van der Waals surface area contributed by atoms with Crippen LogP contribution in [0.4, 0.5) is 5.13 Å². The van der Waals surface area contributed by atoms with Gasteiger partial charge < -0.3 is 4.74 Å². The van der Waals surface area contributed by atoms with Crippen LogP contribution in [0.25, 0.3) is 10.2 Å². The van der Waals surface area contributed by atoms with Gasteiger partial charge in [0.25, 0.3) is 5.91 Å². The summed E-state index contributed by atoms with van der Waals surface area (Å²) in [6, 6.07) is 11.0. The standard InChI is InChI=1S/C22H22ClN5O2S/c1-13(2)28-17(11-14(3)26-28)21(29)27(12-15-7-5-6-10-24-15)22-25-19-18(30-4)9-8-16(23)20(19)31-22/h5-11,13H,12H2,1-4H3. The van der Waals surface area contributed by atoms with Gasteiger partial charge in [-0.2, -0.15) is 5.10 Å². The summed E-state index contributed by atoms with van der Waals surface area (Å²) < 4.78 is 7.96. The van der Waals surface area contributed by atoms with Gasteiger partial charge in [0.15, 0.2) is 5.13 Å². The number of amides is 1. The second-order valence-corrected chi connectivity index (χ2v) is 8.73. The molecule has 160 valence electrons. The number of anilines is 1. The number of pyridine rings is 1. The first-order chi connectivity index (χ1) is 14.9. The Morgan fingerprint density at radius 2 is 2.10 bits per heavy atom. The van der Waals surface area contributed by atoms with Crippen molar-refractivity contribution in [2.75, 3.05) is 12.0 Å². The molecule has 0 saturated carbocycles. The van der Waals surface area contributed by atoms with E-state index in [2.05, 4.69) is 10.1 Å². The molecule has 4 rings (SSSR count). The summed E-state index contributed by atoms with van der Waals surface area (Å²) >= 11 is 7.77. The van der Waals surface area contributed by atoms with Crippen LogP contribution in [0.1, 0.15) is 41.8 Å². The number of fused-ring (bicyclic) bond motifs is 1. The normalized spacial score (nSPS) is 11.3. The molecule has 0 saturated heterocycles. The van der Waals surface area contributed by atoms with E-state index in [0.29, 0.717) is 27.1 Å². The van der Waals surface area contributed by atoms with E-state index in [1.54, 1.807) is 41.1 Å². The summed E-state index contributed by atoms with van der Waals surface area (Å²) in [6.07, 6.45) is 1.71. The van der Waals surface area contributed by atoms with E-state index < -0.39 is 0 Å². The molecule has 0 aliphatic heterocycles. The molecule has 0 spiro atoms. The minimum atomic E-state index is -0.200. The fourth-order valence-corrected chi connectivity index (χ4v) is 4.56. The van der Waals surface area contributed by atoms with Gasteiger partial charge in [0, 0.05) is 12.2 Å². The average molecular weight is 456 g/mol. The zero-order valence-corrected chi connectivity index (χ0v) is 19.2. The maximum atomic E-state index is 13.7.